The molecule has 24 heavy (non-hydrogen) atoms. The van der Waals surface area contributed by atoms with Gasteiger partial charge in [-0.15, -0.1) is 0 Å². The van der Waals surface area contributed by atoms with Crippen molar-refractivity contribution in [3.05, 3.63) is 42.0 Å². The number of hydrogen-bond donors (Lipinski definition) is 1. The molecule has 0 saturated carbocycles. The number of carbonyl (C=O) groups is 2. The fourth-order valence-corrected chi connectivity index (χ4v) is 3.08. The van der Waals surface area contributed by atoms with E-state index in [4.69, 9.17) is 4.74 Å². The minimum absolute atomic E-state index is 0.0672. The summed E-state index contributed by atoms with van der Waals surface area (Å²) < 4.78 is 5.26. The predicted octanol–water partition coefficient (Wildman–Crippen LogP) is 2.38. The quantitative estimate of drug-likeness (QED) is 0.864. The van der Waals surface area contributed by atoms with Crippen molar-refractivity contribution in [3.63, 3.8) is 0 Å². The largest absolute Gasteiger partial charge is 0.378 e. The molecule has 1 aliphatic heterocycles. The highest BCUT2D eigenvalue weighted by Gasteiger charge is 2.19. The van der Waals surface area contributed by atoms with Crippen LogP contribution in [0.1, 0.15) is 24.8 Å². The average Bonchev–Trinajstić information content (AvgIpc) is 2.65. The van der Waals surface area contributed by atoms with Gasteiger partial charge in [0.05, 0.1) is 19.6 Å². The molecular formula is C19H24N2O3. The Morgan fingerprint density at radius 3 is 2.54 bits per heavy atom. The van der Waals surface area contributed by atoms with Gasteiger partial charge in [0.2, 0.25) is 11.8 Å². The normalized spacial score (nSPS) is 20.7. The predicted molar refractivity (Wildman–Crippen MR) is 92.7 cm³/mol. The third-order valence-electron chi connectivity index (χ3n) is 4.58. The highest BCUT2D eigenvalue weighted by Crippen LogP contribution is 2.20. The van der Waals surface area contributed by atoms with Crippen molar-refractivity contribution in [2.45, 2.75) is 25.7 Å². The minimum atomic E-state index is 0.0672. The van der Waals surface area contributed by atoms with Crippen molar-refractivity contribution in [1.29, 1.82) is 0 Å². The summed E-state index contributed by atoms with van der Waals surface area (Å²) in [5.41, 5.74) is 1.75. The molecule has 1 saturated heterocycles. The summed E-state index contributed by atoms with van der Waals surface area (Å²) in [6.07, 6.45) is 7.30. The van der Waals surface area contributed by atoms with Crippen LogP contribution in [-0.2, 0) is 20.7 Å². The van der Waals surface area contributed by atoms with E-state index < -0.39 is 0 Å². The SMILES string of the molecule is O=C(Nc1ccc(CC(=O)N2CCOCC2)cc1)[C@H]1CC=CCC1. The summed E-state index contributed by atoms with van der Waals surface area (Å²) in [7, 11) is 0. The third kappa shape index (κ3) is 4.45. The van der Waals surface area contributed by atoms with Gasteiger partial charge in [0.1, 0.15) is 0 Å². The summed E-state index contributed by atoms with van der Waals surface area (Å²) in [4.78, 5) is 26.3. The molecule has 1 aliphatic carbocycles. The first kappa shape index (κ1) is 16.7. The van der Waals surface area contributed by atoms with E-state index in [1.165, 1.54) is 0 Å². The zero-order chi connectivity index (χ0) is 16.8. The maximum atomic E-state index is 12.2. The zero-order valence-electron chi connectivity index (χ0n) is 13.9. The highest BCUT2D eigenvalue weighted by atomic mass is 16.5. The molecule has 5 heteroatoms. The van der Waals surface area contributed by atoms with E-state index in [9.17, 15) is 9.59 Å². The Hall–Kier alpha value is -2.14. The van der Waals surface area contributed by atoms with Crippen LogP contribution >= 0.6 is 0 Å². The van der Waals surface area contributed by atoms with E-state index in [2.05, 4.69) is 17.5 Å². The van der Waals surface area contributed by atoms with Gasteiger partial charge >= 0.3 is 0 Å². The van der Waals surface area contributed by atoms with Crippen LogP contribution < -0.4 is 5.32 Å². The van der Waals surface area contributed by atoms with Gasteiger partial charge in [0.15, 0.2) is 0 Å². The van der Waals surface area contributed by atoms with Crippen LogP contribution in [0.25, 0.3) is 0 Å². The first-order chi connectivity index (χ1) is 11.7. The third-order valence-corrected chi connectivity index (χ3v) is 4.58. The number of nitrogens with one attached hydrogen (secondary N) is 1. The van der Waals surface area contributed by atoms with E-state index in [0.29, 0.717) is 32.7 Å². The molecule has 5 nitrogen and oxygen atoms in total. The smallest absolute Gasteiger partial charge is 0.227 e. The monoisotopic (exact) mass is 328 g/mol. The van der Waals surface area contributed by atoms with Crippen molar-refractivity contribution < 1.29 is 14.3 Å². The lowest BCUT2D eigenvalue weighted by Gasteiger charge is -2.26. The molecule has 1 aromatic carbocycles. The number of benzene rings is 1. The zero-order valence-corrected chi connectivity index (χ0v) is 13.9. The Labute approximate surface area is 142 Å². The van der Waals surface area contributed by atoms with Gasteiger partial charge in [-0.3, -0.25) is 9.59 Å². The number of anilines is 1. The first-order valence-corrected chi connectivity index (χ1v) is 8.63. The number of allylic oxidation sites excluding steroid dienone is 2. The highest BCUT2D eigenvalue weighted by molar-refractivity contribution is 5.92. The second kappa shape index (κ2) is 8.11. The molecule has 0 spiro atoms. The summed E-state index contributed by atoms with van der Waals surface area (Å²) in [5, 5.41) is 2.97. The van der Waals surface area contributed by atoms with E-state index >= 15 is 0 Å². The number of hydrogen-bond acceptors (Lipinski definition) is 3. The first-order valence-electron chi connectivity index (χ1n) is 8.63. The summed E-state index contributed by atoms with van der Waals surface area (Å²) in [6, 6.07) is 7.57. The van der Waals surface area contributed by atoms with Crippen molar-refractivity contribution in [2.75, 3.05) is 31.6 Å². The summed E-state index contributed by atoms with van der Waals surface area (Å²) in [5.74, 6) is 0.276. The molecule has 0 bridgehead atoms. The van der Waals surface area contributed by atoms with Crippen LogP contribution in [0.15, 0.2) is 36.4 Å². The van der Waals surface area contributed by atoms with Gasteiger partial charge in [-0.2, -0.15) is 0 Å². The molecule has 1 aromatic rings. The van der Waals surface area contributed by atoms with Crippen molar-refractivity contribution in [3.8, 4) is 0 Å². The maximum absolute atomic E-state index is 12.2. The Kier molecular flexibility index (Phi) is 5.64. The van der Waals surface area contributed by atoms with Crippen molar-refractivity contribution in [1.82, 2.24) is 4.90 Å². The Bertz CT molecular complexity index is 604. The van der Waals surface area contributed by atoms with Gasteiger partial charge in [-0.1, -0.05) is 24.3 Å². The van der Waals surface area contributed by atoms with Gasteiger partial charge in [0.25, 0.3) is 0 Å². The number of ether oxygens (including phenoxy) is 1. The van der Waals surface area contributed by atoms with Crippen LogP contribution in [0.3, 0.4) is 0 Å². The molecule has 1 N–H and O–H groups in total. The van der Waals surface area contributed by atoms with E-state index in [1.807, 2.05) is 29.2 Å². The van der Waals surface area contributed by atoms with Gasteiger partial charge in [-0.05, 0) is 37.0 Å². The van der Waals surface area contributed by atoms with Gasteiger partial charge in [-0.25, -0.2) is 0 Å². The number of amides is 2. The summed E-state index contributed by atoms with van der Waals surface area (Å²) in [6.45, 7) is 2.58. The van der Waals surface area contributed by atoms with Crippen LogP contribution in [-0.4, -0.2) is 43.0 Å². The molecule has 1 heterocycles. The van der Waals surface area contributed by atoms with Crippen LogP contribution in [0.4, 0.5) is 5.69 Å². The Morgan fingerprint density at radius 1 is 1.12 bits per heavy atom. The van der Waals surface area contributed by atoms with E-state index in [1.54, 1.807) is 0 Å². The second-order valence-corrected chi connectivity index (χ2v) is 6.34. The molecule has 2 aliphatic rings. The standard InChI is InChI=1S/C19H24N2O3/c22-18(21-10-12-24-13-11-21)14-15-6-8-17(9-7-15)20-19(23)16-4-2-1-3-5-16/h1-2,6-9,16H,3-5,10-14H2,(H,20,23)/t16-/m0/s1. The van der Waals surface area contributed by atoms with Crippen LogP contribution in [0.5, 0.6) is 0 Å². The lowest BCUT2D eigenvalue weighted by atomic mass is 9.93. The van der Waals surface area contributed by atoms with E-state index in [0.717, 1.165) is 30.5 Å². The number of rotatable bonds is 4. The molecular weight excluding hydrogens is 304 g/mol. The fourth-order valence-electron chi connectivity index (χ4n) is 3.08. The molecule has 1 atom stereocenters. The van der Waals surface area contributed by atoms with Crippen LogP contribution in [0, 0.1) is 5.92 Å². The van der Waals surface area contributed by atoms with Crippen LogP contribution in [0.2, 0.25) is 0 Å². The molecule has 0 radical (unpaired) electrons. The summed E-state index contributed by atoms with van der Waals surface area (Å²) >= 11 is 0. The average molecular weight is 328 g/mol. The molecule has 3 rings (SSSR count). The molecule has 0 unspecified atom stereocenters. The maximum Gasteiger partial charge on any atom is 0.227 e. The lowest BCUT2D eigenvalue weighted by Crippen LogP contribution is -2.41. The number of morpholine rings is 1. The second-order valence-electron chi connectivity index (χ2n) is 6.34. The fraction of sp³-hybridized carbons (Fsp3) is 0.474. The molecule has 2 amide bonds. The minimum Gasteiger partial charge on any atom is -0.378 e. The molecule has 128 valence electrons. The number of nitrogens with zero attached hydrogens (tertiary/aromatic N) is 1. The topological polar surface area (TPSA) is 58.6 Å². The Balaban J connectivity index is 1.52. The molecule has 0 aromatic heterocycles. The van der Waals surface area contributed by atoms with E-state index in [-0.39, 0.29) is 17.7 Å². The lowest BCUT2D eigenvalue weighted by molar-refractivity contribution is -0.134. The number of carbonyl (C=O) groups excluding carboxylic acids is 2. The van der Waals surface area contributed by atoms with Crippen molar-refractivity contribution in [2.24, 2.45) is 5.92 Å². The van der Waals surface area contributed by atoms with Gasteiger partial charge < -0.3 is 15.0 Å². The van der Waals surface area contributed by atoms with Gasteiger partial charge in [0, 0.05) is 24.7 Å². The Morgan fingerprint density at radius 2 is 1.88 bits per heavy atom. The van der Waals surface area contributed by atoms with Crippen molar-refractivity contribution >= 4 is 17.5 Å². The molecule has 1 fully saturated rings.